The van der Waals surface area contributed by atoms with Crippen LogP contribution in [0.25, 0.3) is 0 Å². The number of hydrogen-bond acceptors (Lipinski definition) is 4. The van der Waals surface area contributed by atoms with Gasteiger partial charge in [-0.05, 0) is 31.8 Å². The maximum absolute atomic E-state index is 6.07. The van der Waals surface area contributed by atoms with Crippen molar-refractivity contribution in [1.82, 2.24) is 0 Å². The molecule has 0 unspecified atom stereocenters. The van der Waals surface area contributed by atoms with Crippen molar-refractivity contribution in [2.45, 2.75) is 136 Å². The molecule has 0 radical (unpaired) electrons. The van der Waals surface area contributed by atoms with Gasteiger partial charge in [0.15, 0.2) is 13.1 Å². The molecule has 0 amide bonds. The second-order valence-electron chi connectivity index (χ2n) is 8.56. The van der Waals surface area contributed by atoms with Crippen LogP contribution in [0.15, 0.2) is 12.3 Å². The Morgan fingerprint density at radius 1 is 0.581 bits per heavy atom. The van der Waals surface area contributed by atoms with Gasteiger partial charge < -0.3 is 18.9 Å². The first kappa shape index (κ1) is 30.4. The van der Waals surface area contributed by atoms with Crippen LogP contribution in [0, 0.1) is 0 Å². The third-order valence-electron chi connectivity index (χ3n) is 5.36. The molecule has 0 atom stereocenters. The Kier molecular flexibility index (Phi) is 26.9. The molecule has 4 nitrogen and oxygen atoms in total. The zero-order valence-electron chi connectivity index (χ0n) is 21.2. The highest BCUT2D eigenvalue weighted by molar-refractivity contribution is 4.73. The van der Waals surface area contributed by atoms with Gasteiger partial charge in [-0.3, -0.25) is 0 Å². The third kappa shape index (κ3) is 25.6. The van der Waals surface area contributed by atoms with Gasteiger partial charge in [-0.15, -0.1) is 0 Å². The number of ether oxygens (including phenoxy) is 4. The van der Waals surface area contributed by atoms with E-state index in [2.05, 4.69) is 20.8 Å². The van der Waals surface area contributed by atoms with E-state index in [-0.39, 0.29) is 6.29 Å². The second kappa shape index (κ2) is 27.5. The number of unbranched alkanes of at least 4 members (excludes halogenated alkanes) is 12. The van der Waals surface area contributed by atoms with Crippen molar-refractivity contribution in [3.63, 3.8) is 0 Å². The highest BCUT2D eigenvalue weighted by atomic mass is 16.7. The molecule has 0 aromatic heterocycles. The first-order valence-electron chi connectivity index (χ1n) is 13.4. The summed E-state index contributed by atoms with van der Waals surface area (Å²) in [5.41, 5.74) is 0. The van der Waals surface area contributed by atoms with E-state index in [4.69, 9.17) is 18.9 Å². The fourth-order valence-electron chi connectivity index (χ4n) is 3.42. The Balaban J connectivity index is 3.91. The Labute approximate surface area is 194 Å². The Hall–Kier alpha value is -0.580. The fourth-order valence-corrected chi connectivity index (χ4v) is 3.42. The van der Waals surface area contributed by atoms with Crippen molar-refractivity contribution in [2.24, 2.45) is 0 Å². The van der Waals surface area contributed by atoms with Crippen LogP contribution in [0.2, 0.25) is 0 Å². The predicted octanol–water partition coefficient (Wildman–Crippen LogP) is 8.54. The van der Waals surface area contributed by atoms with E-state index in [9.17, 15) is 0 Å². The van der Waals surface area contributed by atoms with Crippen LogP contribution in [0.3, 0.4) is 0 Å². The molecule has 0 aliphatic heterocycles. The summed E-state index contributed by atoms with van der Waals surface area (Å²) in [4.78, 5) is 0. The lowest BCUT2D eigenvalue weighted by Gasteiger charge is -2.18. The van der Waals surface area contributed by atoms with Gasteiger partial charge in [-0.25, -0.2) is 0 Å². The average Bonchev–Trinajstić information content (AvgIpc) is 2.78. The molecule has 0 rings (SSSR count). The van der Waals surface area contributed by atoms with Gasteiger partial charge in [0.25, 0.3) is 0 Å². The van der Waals surface area contributed by atoms with Crippen LogP contribution < -0.4 is 0 Å². The molecule has 0 aromatic carbocycles. The molecule has 186 valence electrons. The van der Waals surface area contributed by atoms with Crippen molar-refractivity contribution < 1.29 is 18.9 Å². The summed E-state index contributed by atoms with van der Waals surface area (Å²) in [7, 11) is 0. The zero-order chi connectivity index (χ0) is 22.7. The molecule has 0 saturated carbocycles. The van der Waals surface area contributed by atoms with Crippen molar-refractivity contribution in [3.8, 4) is 0 Å². The van der Waals surface area contributed by atoms with E-state index in [0.717, 1.165) is 51.9 Å². The summed E-state index contributed by atoms with van der Waals surface area (Å²) in [6.45, 7) is 9.31. The van der Waals surface area contributed by atoms with Crippen molar-refractivity contribution in [1.29, 1.82) is 0 Å². The minimum atomic E-state index is -0.0961. The lowest BCUT2D eigenvalue weighted by atomic mass is 10.1. The quantitative estimate of drug-likeness (QED) is 0.0764. The molecule has 0 aliphatic carbocycles. The molecule has 0 fully saturated rings. The fraction of sp³-hybridized carbons (Fsp3) is 0.926. The van der Waals surface area contributed by atoms with E-state index in [1.54, 1.807) is 6.26 Å². The van der Waals surface area contributed by atoms with E-state index < -0.39 is 0 Å². The van der Waals surface area contributed by atoms with Gasteiger partial charge in [0.05, 0.1) is 12.9 Å². The Bertz CT molecular complexity index is 326. The first-order valence-corrected chi connectivity index (χ1v) is 13.4. The third-order valence-corrected chi connectivity index (χ3v) is 5.36. The van der Waals surface area contributed by atoms with Gasteiger partial charge >= 0.3 is 0 Å². The number of hydrogen-bond donors (Lipinski definition) is 0. The summed E-state index contributed by atoms with van der Waals surface area (Å²) in [6, 6.07) is 0. The van der Waals surface area contributed by atoms with Crippen LogP contribution >= 0.6 is 0 Å². The summed E-state index contributed by atoms with van der Waals surface area (Å²) >= 11 is 0. The minimum absolute atomic E-state index is 0.0961. The predicted molar refractivity (Wildman–Crippen MR) is 132 cm³/mol. The summed E-state index contributed by atoms with van der Waals surface area (Å²) in [5, 5.41) is 0. The SMILES string of the molecule is CCCCCCCCCOC(CCC=COCOCCC)OCCCCCCCCC. The van der Waals surface area contributed by atoms with Gasteiger partial charge in [0.2, 0.25) is 0 Å². The van der Waals surface area contributed by atoms with E-state index in [0.29, 0.717) is 6.79 Å². The largest absolute Gasteiger partial charge is 0.475 e. The van der Waals surface area contributed by atoms with Crippen LogP contribution in [0.5, 0.6) is 0 Å². The lowest BCUT2D eigenvalue weighted by molar-refractivity contribution is -0.146. The molecule has 0 N–H and O–H groups in total. The number of allylic oxidation sites excluding steroid dienone is 1. The van der Waals surface area contributed by atoms with E-state index in [1.807, 2.05) is 6.08 Å². The monoisotopic (exact) mass is 442 g/mol. The molecule has 0 bridgehead atoms. The molecule has 0 saturated heterocycles. The smallest absolute Gasteiger partial charge is 0.188 e. The first-order chi connectivity index (χ1) is 15.3. The molecule has 0 spiro atoms. The molecule has 31 heavy (non-hydrogen) atoms. The zero-order valence-corrected chi connectivity index (χ0v) is 21.2. The van der Waals surface area contributed by atoms with Crippen LogP contribution in [-0.2, 0) is 18.9 Å². The Morgan fingerprint density at radius 2 is 1.10 bits per heavy atom. The Morgan fingerprint density at radius 3 is 1.61 bits per heavy atom. The van der Waals surface area contributed by atoms with Gasteiger partial charge in [-0.2, -0.15) is 0 Å². The molecule has 4 heteroatoms. The molecule has 0 heterocycles. The molecule has 0 aromatic rings. The standard InChI is InChI=1S/C27H54O4/c1-4-7-9-11-13-15-18-24-30-27(21-17-20-23-29-26-28-22-6-3)31-25-19-16-14-12-10-8-5-2/h20,23,27H,4-19,21-22,24-26H2,1-3H3. The molecule has 0 aliphatic rings. The summed E-state index contributed by atoms with van der Waals surface area (Å²) in [6.07, 6.45) is 24.7. The molecular formula is C27H54O4. The average molecular weight is 443 g/mol. The number of rotatable bonds is 26. The summed E-state index contributed by atoms with van der Waals surface area (Å²) < 4.78 is 22.8. The van der Waals surface area contributed by atoms with Gasteiger partial charge in [-0.1, -0.05) is 97.8 Å². The van der Waals surface area contributed by atoms with Crippen molar-refractivity contribution in [3.05, 3.63) is 12.3 Å². The summed E-state index contributed by atoms with van der Waals surface area (Å²) in [5.74, 6) is 0. The maximum atomic E-state index is 6.07. The normalized spacial score (nSPS) is 11.7. The van der Waals surface area contributed by atoms with E-state index in [1.165, 1.54) is 77.0 Å². The lowest BCUT2D eigenvalue weighted by Crippen LogP contribution is -2.18. The molecular weight excluding hydrogens is 388 g/mol. The van der Waals surface area contributed by atoms with Crippen LogP contribution in [-0.4, -0.2) is 32.9 Å². The van der Waals surface area contributed by atoms with Gasteiger partial charge in [0, 0.05) is 19.6 Å². The van der Waals surface area contributed by atoms with Crippen LogP contribution in [0.4, 0.5) is 0 Å². The highest BCUT2D eigenvalue weighted by Crippen LogP contribution is 2.12. The van der Waals surface area contributed by atoms with Crippen molar-refractivity contribution >= 4 is 0 Å². The topological polar surface area (TPSA) is 36.9 Å². The van der Waals surface area contributed by atoms with Crippen molar-refractivity contribution in [2.75, 3.05) is 26.6 Å². The van der Waals surface area contributed by atoms with Gasteiger partial charge in [0.1, 0.15) is 0 Å². The van der Waals surface area contributed by atoms with E-state index >= 15 is 0 Å². The minimum Gasteiger partial charge on any atom is -0.475 e. The van der Waals surface area contributed by atoms with Crippen LogP contribution in [0.1, 0.15) is 130 Å². The second-order valence-corrected chi connectivity index (χ2v) is 8.56. The highest BCUT2D eigenvalue weighted by Gasteiger charge is 2.08. The maximum Gasteiger partial charge on any atom is 0.188 e.